The molecular formula is C16H17FN2S. The highest BCUT2D eigenvalue weighted by Crippen LogP contribution is 2.37. The Morgan fingerprint density at radius 2 is 2.10 bits per heavy atom. The molecule has 0 amide bonds. The normalized spacial score (nSPS) is 19.4. The minimum atomic E-state index is -0.158. The third-order valence-corrected chi connectivity index (χ3v) is 4.79. The predicted molar refractivity (Wildman–Crippen MR) is 80.3 cm³/mol. The van der Waals surface area contributed by atoms with Crippen LogP contribution in [0, 0.1) is 5.82 Å². The van der Waals surface area contributed by atoms with Crippen molar-refractivity contribution < 1.29 is 4.39 Å². The van der Waals surface area contributed by atoms with Crippen molar-refractivity contribution in [2.45, 2.75) is 30.3 Å². The smallest absolute Gasteiger partial charge is 0.123 e. The molecule has 1 aromatic carbocycles. The zero-order valence-corrected chi connectivity index (χ0v) is 12.2. The second-order valence-corrected chi connectivity index (χ2v) is 6.18. The summed E-state index contributed by atoms with van der Waals surface area (Å²) in [6.07, 6.45) is 4.63. The van der Waals surface area contributed by atoms with Crippen molar-refractivity contribution >= 4 is 11.8 Å². The van der Waals surface area contributed by atoms with Crippen molar-refractivity contribution in [1.29, 1.82) is 0 Å². The lowest BCUT2D eigenvalue weighted by Crippen LogP contribution is -2.27. The molecule has 0 fully saturated rings. The lowest BCUT2D eigenvalue weighted by molar-refractivity contribution is 0.447. The number of benzene rings is 1. The molecule has 4 heteroatoms. The van der Waals surface area contributed by atoms with Crippen molar-refractivity contribution in [3.8, 4) is 0 Å². The van der Waals surface area contributed by atoms with E-state index in [1.54, 1.807) is 24.5 Å². The van der Waals surface area contributed by atoms with E-state index in [0.29, 0.717) is 0 Å². The minimum Gasteiger partial charge on any atom is -0.303 e. The van der Waals surface area contributed by atoms with Crippen LogP contribution in [0.1, 0.15) is 36.6 Å². The van der Waals surface area contributed by atoms with Gasteiger partial charge in [0.2, 0.25) is 0 Å². The van der Waals surface area contributed by atoms with Crippen LogP contribution in [0.15, 0.2) is 47.6 Å². The maximum Gasteiger partial charge on any atom is 0.123 e. The Morgan fingerprint density at radius 3 is 2.90 bits per heavy atom. The zero-order chi connectivity index (χ0) is 13.9. The molecule has 2 nitrogen and oxygen atoms in total. The highest BCUT2D eigenvalue weighted by Gasteiger charge is 2.22. The van der Waals surface area contributed by atoms with Crippen LogP contribution in [0.5, 0.6) is 0 Å². The highest BCUT2D eigenvalue weighted by molar-refractivity contribution is 7.99. The van der Waals surface area contributed by atoms with Gasteiger partial charge in [-0.2, -0.15) is 0 Å². The summed E-state index contributed by atoms with van der Waals surface area (Å²) in [5.41, 5.74) is 2.29. The molecule has 0 saturated heterocycles. The molecular weight excluding hydrogens is 271 g/mol. The molecule has 3 rings (SSSR count). The summed E-state index contributed by atoms with van der Waals surface area (Å²) in [5, 5.41) is 3.61. The monoisotopic (exact) mass is 288 g/mol. The summed E-state index contributed by atoms with van der Waals surface area (Å²) in [7, 11) is 0. The van der Waals surface area contributed by atoms with E-state index in [1.165, 1.54) is 10.5 Å². The van der Waals surface area contributed by atoms with Gasteiger partial charge in [0.05, 0.1) is 0 Å². The first-order chi connectivity index (χ1) is 9.74. The molecule has 104 valence electrons. The second-order valence-electron chi connectivity index (χ2n) is 5.04. The Kier molecular flexibility index (Phi) is 4.03. The first-order valence-electron chi connectivity index (χ1n) is 6.82. The van der Waals surface area contributed by atoms with E-state index in [1.807, 2.05) is 30.0 Å². The summed E-state index contributed by atoms with van der Waals surface area (Å²) in [4.78, 5) is 5.23. The fourth-order valence-electron chi connectivity index (χ4n) is 2.59. The number of rotatable bonds is 3. The first kappa shape index (κ1) is 13.6. The molecule has 2 unspecified atom stereocenters. The molecule has 0 spiro atoms. The third kappa shape index (κ3) is 2.86. The minimum absolute atomic E-state index is 0.158. The molecule has 0 aliphatic carbocycles. The summed E-state index contributed by atoms with van der Waals surface area (Å²) in [6, 6.07) is 9.56. The fourth-order valence-corrected chi connectivity index (χ4v) is 3.69. The number of nitrogens with zero attached hydrogens (tertiary/aromatic N) is 1. The Labute approximate surface area is 122 Å². The van der Waals surface area contributed by atoms with Gasteiger partial charge in [-0.25, -0.2) is 4.39 Å². The van der Waals surface area contributed by atoms with Gasteiger partial charge in [-0.1, -0.05) is 0 Å². The van der Waals surface area contributed by atoms with Gasteiger partial charge < -0.3 is 5.32 Å². The number of hydrogen-bond acceptors (Lipinski definition) is 3. The van der Waals surface area contributed by atoms with Gasteiger partial charge in [0.1, 0.15) is 5.82 Å². The van der Waals surface area contributed by atoms with E-state index in [9.17, 15) is 4.39 Å². The maximum atomic E-state index is 13.5. The van der Waals surface area contributed by atoms with Gasteiger partial charge in [0, 0.05) is 29.4 Å². The van der Waals surface area contributed by atoms with Crippen LogP contribution in [-0.4, -0.2) is 10.7 Å². The summed E-state index contributed by atoms with van der Waals surface area (Å²) in [6.45, 7) is 2.13. The van der Waals surface area contributed by atoms with Gasteiger partial charge in [-0.15, -0.1) is 11.8 Å². The molecule has 0 radical (unpaired) electrons. The topological polar surface area (TPSA) is 24.9 Å². The maximum absolute atomic E-state index is 13.5. The predicted octanol–water partition coefficient (Wildman–Crippen LogP) is 4.11. The average molecular weight is 288 g/mol. The van der Waals surface area contributed by atoms with E-state index in [-0.39, 0.29) is 17.9 Å². The Balaban J connectivity index is 1.81. The SMILES string of the molecule is CC(NC1CCSc2ccc(F)cc21)c1ccncc1. The highest BCUT2D eigenvalue weighted by atomic mass is 32.2. The van der Waals surface area contributed by atoms with Gasteiger partial charge >= 0.3 is 0 Å². The quantitative estimate of drug-likeness (QED) is 0.920. The van der Waals surface area contributed by atoms with Crippen LogP contribution in [0.4, 0.5) is 4.39 Å². The second kappa shape index (κ2) is 5.94. The van der Waals surface area contributed by atoms with Crippen molar-refractivity contribution in [3.63, 3.8) is 0 Å². The van der Waals surface area contributed by atoms with Gasteiger partial charge in [-0.3, -0.25) is 4.98 Å². The molecule has 1 aromatic heterocycles. The molecule has 2 heterocycles. The van der Waals surface area contributed by atoms with E-state index in [4.69, 9.17) is 0 Å². The Hall–Kier alpha value is -1.39. The summed E-state index contributed by atoms with van der Waals surface area (Å²) < 4.78 is 13.5. The van der Waals surface area contributed by atoms with Gasteiger partial charge in [-0.05, 0) is 60.6 Å². The summed E-state index contributed by atoms with van der Waals surface area (Å²) in [5.74, 6) is 0.911. The molecule has 1 aliphatic heterocycles. The number of aromatic nitrogens is 1. The van der Waals surface area contributed by atoms with E-state index >= 15 is 0 Å². The zero-order valence-electron chi connectivity index (χ0n) is 11.3. The Bertz CT molecular complexity index is 588. The largest absolute Gasteiger partial charge is 0.303 e. The standard InChI is InChI=1S/C16H17FN2S/c1-11(12-4-7-18-8-5-12)19-15-6-9-20-16-3-2-13(17)10-14(15)16/h2-5,7-8,10-11,15,19H,6,9H2,1H3. The number of fused-ring (bicyclic) bond motifs is 1. The molecule has 0 bridgehead atoms. The van der Waals surface area contributed by atoms with E-state index in [2.05, 4.69) is 17.2 Å². The van der Waals surface area contributed by atoms with Crippen LogP contribution in [0.3, 0.4) is 0 Å². The molecule has 0 saturated carbocycles. The van der Waals surface area contributed by atoms with Crippen molar-refractivity contribution in [2.75, 3.05) is 5.75 Å². The Morgan fingerprint density at radius 1 is 1.30 bits per heavy atom. The van der Waals surface area contributed by atoms with Crippen LogP contribution in [0.25, 0.3) is 0 Å². The van der Waals surface area contributed by atoms with E-state index < -0.39 is 0 Å². The van der Waals surface area contributed by atoms with Crippen molar-refractivity contribution in [1.82, 2.24) is 10.3 Å². The molecule has 2 atom stereocenters. The number of pyridine rings is 1. The average Bonchev–Trinajstić information content (AvgIpc) is 2.49. The number of nitrogens with one attached hydrogen (secondary N) is 1. The summed E-state index contributed by atoms with van der Waals surface area (Å²) >= 11 is 1.81. The lowest BCUT2D eigenvalue weighted by atomic mass is 10.0. The fraction of sp³-hybridized carbons (Fsp3) is 0.312. The molecule has 1 N–H and O–H groups in total. The van der Waals surface area contributed by atoms with Crippen molar-refractivity contribution in [2.24, 2.45) is 0 Å². The van der Waals surface area contributed by atoms with Gasteiger partial charge in [0.25, 0.3) is 0 Å². The molecule has 1 aliphatic rings. The van der Waals surface area contributed by atoms with Crippen LogP contribution in [0.2, 0.25) is 0 Å². The lowest BCUT2D eigenvalue weighted by Gasteiger charge is -2.29. The molecule has 2 aromatic rings. The van der Waals surface area contributed by atoms with Gasteiger partial charge in [0.15, 0.2) is 0 Å². The van der Waals surface area contributed by atoms with E-state index in [0.717, 1.165) is 17.7 Å². The first-order valence-corrected chi connectivity index (χ1v) is 7.81. The third-order valence-electron chi connectivity index (χ3n) is 3.67. The van der Waals surface area contributed by atoms with Crippen LogP contribution >= 0.6 is 11.8 Å². The molecule has 20 heavy (non-hydrogen) atoms. The number of halogens is 1. The van der Waals surface area contributed by atoms with Crippen molar-refractivity contribution in [3.05, 3.63) is 59.7 Å². The number of thioether (sulfide) groups is 1. The van der Waals surface area contributed by atoms with Crippen LogP contribution < -0.4 is 5.32 Å². The van der Waals surface area contributed by atoms with Crippen LogP contribution in [-0.2, 0) is 0 Å². The number of hydrogen-bond donors (Lipinski definition) is 1.